The summed E-state index contributed by atoms with van der Waals surface area (Å²) in [5, 5.41) is 2.93. The van der Waals surface area contributed by atoms with Crippen molar-refractivity contribution in [1.82, 2.24) is 15.2 Å². The molecule has 0 unspecified atom stereocenters. The molecule has 5 heteroatoms. The highest BCUT2D eigenvalue weighted by Crippen LogP contribution is 2.21. The van der Waals surface area contributed by atoms with E-state index in [4.69, 9.17) is 0 Å². The molecule has 0 aliphatic carbocycles. The first-order chi connectivity index (χ1) is 9.89. The second-order valence-corrected chi connectivity index (χ2v) is 5.60. The summed E-state index contributed by atoms with van der Waals surface area (Å²) in [5.74, 6) is -0.993. The van der Waals surface area contributed by atoms with E-state index >= 15 is 0 Å². The molecule has 2 rings (SSSR count). The first kappa shape index (κ1) is 17.6. The standard InChI is InChI=1S/C14H20FN3O.C2H6/c1-10-4-5-11(15)12(16-10)13(19)17-14(2)6-8-18(3)9-7-14;1-2/h4-5H,6-9H2,1-3H3,(H,17,19);1-2H3. The van der Waals surface area contributed by atoms with Crippen molar-refractivity contribution in [3.8, 4) is 0 Å². The smallest absolute Gasteiger partial charge is 0.273 e. The number of piperidine rings is 1. The lowest BCUT2D eigenvalue weighted by Gasteiger charge is -2.38. The fraction of sp³-hybridized carbons (Fsp3) is 0.625. The molecular weight excluding hydrogens is 269 g/mol. The normalized spacial score (nSPS) is 17.6. The van der Waals surface area contributed by atoms with E-state index in [1.807, 2.05) is 20.8 Å². The summed E-state index contributed by atoms with van der Waals surface area (Å²) in [6, 6.07) is 2.84. The zero-order valence-corrected chi connectivity index (χ0v) is 13.7. The quantitative estimate of drug-likeness (QED) is 0.912. The Morgan fingerprint density at radius 2 is 1.90 bits per heavy atom. The number of hydrogen-bond acceptors (Lipinski definition) is 3. The lowest BCUT2D eigenvalue weighted by atomic mass is 9.89. The van der Waals surface area contributed by atoms with E-state index in [2.05, 4.69) is 22.2 Å². The minimum atomic E-state index is -0.570. The highest BCUT2D eigenvalue weighted by molar-refractivity contribution is 5.93. The van der Waals surface area contributed by atoms with E-state index in [1.165, 1.54) is 6.07 Å². The van der Waals surface area contributed by atoms with Gasteiger partial charge in [-0.3, -0.25) is 4.79 Å². The van der Waals surface area contributed by atoms with Gasteiger partial charge in [-0.1, -0.05) is 13.8 Å². The fourth-order valence-electron chi connectivity index (χ4n) is 2.27. The van der Waals surface area contributed by atoms with Crippen LogP contribution in [0.15, 0.2) is 12.1 Å². The summed E-state index contributed by atoms with van der Waals surface area (Å²) in [7, 11) is 2.06. The Hall–Kier alpha value is -1.49. The van der Waals surface area contributed by atoms with Gasteiger partial charge in [0, 0.05) is 24.3 Å². The molecule has 118 valence electrons. The molecule has 0 radical (unpaired) electrons. The van der Waals surface area contributed by atoms with Crippen LogP contribution in [0.25, 0.3) is 0 Å². The van der Waals surface area contributed by atoms with E-state index in [0.29, 0.717) is 5.69 Å². The van der Waals surface area contributed by atoms with E-state index in [-0.39, 0.29) is 11.2 Å². The molecule has 1 aromatic heterocycles. The van der Waals surface area contributed by atoms with Gasteiger partial charge in [-0.05, 0) is 45.9 Å². The lowest BCUT2D eigenvalue weighted by molar-refractivity contribution is 0.0842. The Labute approximate surface area is 126 Å². The summed E-state index contributed by atoms with van der Waals surface area (Å²) in [6.07, 6.45) is 1.73. The third kappa shape index (κ3) is 4.77. The molecule has 21 heavy (non-hydrogen) atoms. The molecule has 0 atom stereocenters. The molecule has 1 N–H and O–H groups in total. The van der Waals surface area contributed by atoms with Gasteiger partial charge in [0.25, 0.3) is 5.91 Å². The zero-order valence-electron chi connectivity index (χ0n) is 13.7. The summed E-state index contributed by atoms with van der Waals surface area (Å²) in [5.41, 5.74) is 0.252. The second-order valence-electron chi connectivity index (χ2n) is 5.60. The number of likely N-dealkylation sites (tertiary alicyclic amines) is 1. The largest absolute Gasteiger partial charge is 0.345 e. The van der Waals surface area contributed by atoms with Gasteiger partial charge in [-0.2, -0.15) is 0 Å². The SMILES string of the molecule is CC.Cc1ccc(F)c(C(=O)NC2(C)CCN(C)CC2)n1. The number of amides is 1. The van der Waals surface area contributed by atoms with Crippen LogP contribution in [0.2, 0.25) is 0 Å². The average Bonchev–Trinajstić information content (AvgIpc) is 2.47. The number of carbonyl (C=O) groups is 1. The van der Waals surface area contributed by atoms with Gasteiger partial charge in [0.2, 0.25) is 0 Å². The van der Waals surface area contributed by atoms with Gasteiger partial charge in [0.15, 0.2) is 11.5 Å². The molecule has 1 aliphatic heterocycles. The van der Waals surface area contributed by atoms with E-state index < -0.39 is 11.7 Å². The first-order valence-corrected chi connectivity index (χ1v) is 7.54. The van der Waals surface area contributed by atoms with E-state index in [1.54, 1.807) is 13.0 Å². The van der Waals surface area contributed by atoms with Crippen LogP contribution < -0.4 is 5.32 Å². The maximum absolute atomic E-state index is 13.6. The maximum Gasteiger partial charge on any atom is 0.273 e. The molecule has 1 fully saturated rings. The predicted octanol–water partition coefficient (Wildman–Crippen LogP) is 2.77. The van der Waals surface area contributed by atoms with Gasteiger partial charge in [-0.25, -0.2) is 9.37 Å². The van der Waals surface area contributed by atoms with Gasteiger partial charge in [0.05, 0.1) is 0 Å². The number of pyridine rings is 1. The number of nitrogens with one attached hydrogen (secondary N) is 1. The van der Waals surface area contributed by atoms with E-state index in [0.717, 1.165) is 25.9 Å². The first-order valence-electron chi connectivity index (χ1n) is 7.54. The van der Waals surface area contributed by atoms with E-state index in [9.17, 15) is 9.18 Å². The Morgan fingerprint density at radius 1 is 1.33 bits per heavy atom. The highest BCUT2D eigenvalue weighted by Gasteiger charge is 2.31. The van der Waals surface area contributed by atoms with Crippen molar-refractivity contribution in [2.24, 2.45) is 0 Å². The molecule has 1 saturated heterocycles. The van der Waals surface area contributed by atoms with Crippen LogP contribution in [0.5, 0.6) is 0 Å². The Bertz CT molecular complexity index is 482. The van der Waals surface area contributed by atoms with Crippen molar-refractivity contribution in [3.63, 3.8) is 0 Å². The van der Waals surface area contributed by atoms with Crippen LogP contribution in [0.1, 0.15) is 49.8 Å². The van der Waals surface area contributed by atoms with Crippen LogP contribution in [0.3, 0.4) is 0 Å². The van der Waals surface area contributed by atoms with Gasteiger partial charge in [0.1, 0.15) is 0 Å². The maximum atomic E-state index is 13.6. The summed E-state index contributed by atoms with van der Waals surface area (Å²) >= 11 is 0. The van der Waals surface area contributed by atoms with Crippen molar-refractivity contribution in [3.05, 3.63) is 29.3 Å². The number of carbonyl (C=O) groups excluding carboxylic acids is 1. The van der Waals surface area contributed by atoms with Gasteiger partial charge >= 0.3 is 0 Å². The number of hydrogen-bond donors (Lipinski definition) is 1. The van der Waals surface area contributed by atoms with Crippen LogP contribution in [-0.2, 0) is 0 Å². The average molecular weight is 295 g/mol. The number of aryl methyl sites for hydroxylation is 1. The Morgan fingerprint density at radius 3 is 2.48 bits per heavy atom. The number of halogens is 1. The Balaban J connectivity index is 0.00000106. The zero-order chi connectivity index (χ0) is 16.0. The van der Waals surface area contributed by atoms with Crippen LogP contribution >= 0.6 is 0 Å². The second kappa shape index (κ2) is 7.50. The minimum absolute atomic E-state index is 0.111. The van der Waals surface area contributed by atoms with Crippen LogP contribution in [0.4, 0.5) is 4.39 Å². The van der Waals surface area contributed by atoms with Crippen LogP contribution in [0, 0.1) is 12.7 Å². The molecule has 0 bridgehead atoms. The van der Waals surface area contributed by atoms with Crippen LogP contribution in [-0.4, -0.2) is 41.5 Å². The Kier molecular flexibility index (Phi) is 6.27. The number of aromatic nitrogens is 1. The minimum Gasteiger partial charge on any atom is -0.345 e. The molecule has 4 nitrogen and oxygen atoms in total. The number of nitrogens with zero attached hydrogens (tertiary/aromatic N) is 2. The highest BCUT2D eigenvalue weighted by atomic mass is 19.1. The molecule has 1 amide bonds. The van der Waals surface area contributed by atoms with Crippen molar-refractivity contribution in [1.29, 1.82) is 0 Å². The monoisotopic (exact) mass is 295 g/mol. The molecule has 0 aromatic carbocycles. The molecule has 1 aliphatic rings. The van der Waals surface area contributed by atoms with Gasteiger partial charge < -0.3 is 10.2 Å². The summed E-state index contributed by atoms with van der Waals surface area (Å²) < 4.78 is 13.6. The van der Waals surface area contributed by atoms with Crippen molar-refractivity contribution >= 4 is 5.91 Å². The van der Waals surface area contributed by atoms with Crippen molar-refractivity contribution in [2.75, 3.05) is 20.1 Å². The predicted molar refractivity (Wildman–Crippen MR) is 82.9 cm³/mol. The molecule has 1 aromatic rings. The lowest BCUT2D eigenvalue weighted by Crippen LogP contribution is -2.52. The summed E-state index contributed by atoms with van der Waals surface area (Å²) in [4.78, 5) is 18.4. The molecule has 2 heterocycles. The molecule has 0 saturated carbocycles. The fourth-order valence-corrected chi connectivity index (χ4v) is 2.27. The van der Waals surface area contributed by atoms with Crippen molar-refractivity contribution in [2.45, 2.75) is 46.1 Å². The molecule has 0 spiro atoms. The molecular formula is C16H26FN3O. The van der Waals surface area contributed by atoms with Gasteiger partial charge in [-0.15, -0.1) is 0 Å². The van der Waals surface area contributed by atoms with Crippen molar-refractivity contribution < 1.29 is 9.18 Å². The third-order valence-electron chi connectivity index (χ3n) is 3.71. The third-order valence-corrected chi connectivity index (χ3v) is 3.71. The topological polar surface area (TPSA) is 45.2 Å². The summed E-state index contributed by atoms with van der Waals surface area (Å²) in [6.45, 7) is 9.61. The number of rotatable bonds is 2.